The summed E-state index contributed by atoms with van der Waals surface area (Å²) in [5.74, 6) is 1.07. The summed E-state index contributed by atoms with van der Waals surface area (Å²) >= 11 is 0. The molecule has 1 unspecified atom stereocenters. The van der Waals surface area contributed by atoms with E-state index in [1.54, 1.807) is 0 Å². The zero-order valence-electron chi connectivity index (χ0n) is 13.4. The van der Waals surface area contributed by atoms with Gasteiger partial charge < -0.3 is 15.4 Å². The Balaban J connectivity index is 1.98. The molecule has 1 heterocycles. The summed E-state index contributed by atoms with van der Waals surface area (Å²) in [6.45, 7) is 0.800. The molecule has 2 aliphatic rings. The minimum absolute atomic E-state index is 0.0265. The molecule has 3 rings (SSSR count). The SMILES string of the molecule is CN(C)C1(C(N)c2cccc3c2OCC3)CCCCCC1. The van der Waals surface area contributed by atoms with Crippen LogP contribution in [0.15, 0.2) is 18.2 Å². The lowest BCUT2D eigenvalue weighted by molar-refractivity contribution is 0.0957. The number of rotatable bonds is 3. The zero-order valence-corrected chi connectivity index (χ0v) is 13.4. The van der Waals surface area contributed by atoms with Gasteiger partial charge in [0.1, 0.15) is 5.75 Å². The molecule has 2 N–H and O–H groups in total. The maximum Gasteiger partial charge on any atom is 0.127 e. The average Bonchev–Trinajstić information content (AvgIpc) is 2.82. The van der Waals surface area contributed by atoms with E-state index in [1.165, 1.54) is 49.7 Å². The normalized spacial score (nSPS) is 22.5. The highest BCUT2D eigenvalue weighted by atomic mass is 16.5. The molecule has 3 nitrogen and oxygen atoms in total. The van der Waals surface area contributed by atoms with Gasteiger partial charge in [0.25, 0.3) is 0 Å². The molecule has 1 atom stereocenters. The van der Waals surface area contributed by atoms with Crippen LogP contribution < -0.4 is 10.5 Å². The van der Waals surface area contributed by atoms with E-state index in [0.29, 0.717) is 0 Å². The molecule has 1 saturated carbocycles. The van der Waals surface area contributed by atoms with Gasteiger partial charge in [0.2, 0.25) is 0 Å². The Morgan fingerprint density at radius 1 is 1.14 bits per heavy atom. The maximum absolute atomic E-state index is 6.83. The van der Waals surface area contributed by atoms with Crippen LogP contribution in [0.25, 0.3) is 0 Å². The summed E-state index contributed by atoms with van der Waals surface area (Å²) in [5, 5.41) is 0. The third-order valence-corrected chi connectivity index (χ3v) is 5.52. The molecule has 1 aromatic rings. The van der Waals surface area contributed by atoms with E-state index in [1.807, 2.05) is 0 Å². The number of ether oxygens (including phenoxy) is 1. The van der Waals surface area contributed by atoms with Crippen LogP contribution >= 0.6 is 0 Å². The van der Waals surface area contributed by atoms with Gasteiger partial charge in [0.05, 0.1) is 12.6 Å². The highest BCUT2D eigenvalue weighted by Gasteiger charge is 2.41. The van der Waals surface area contributed by atoms with Crippen molar-refractivity contribution in [3.8, 4) is 5.75 Å². The van der Waals surface area contributed by atoms with Crippen LogP contribution in [0.3, 0.4) is 0 Å². The summed E-state index contributed by atoms with van der Waals surface area (Å²) in [6, 6.07) is 6.51. The molecule has 0 saturated heterocycles. The average molecular weight is 288 g/mol. The Labute approximate surface area is 128 Å². The van der Waals surface area contributed by atoms with Gasteiger partial charge in [-0.1, -0.05) is 43.9 Å². The van der Waals surface area contributed by atoms with Crippen molar-refractivity contribution < 1.29 is 4.74 Å². The summed E-state index contributed by atoms with van der Waals surface area (Å²) in [7, 11) is 4.38. The van der Waals surface area contributed by atoms with E-state index in [4.69, 9.17) is 10.5 Å². The minimum Gasteiger partial charge on any atom is -0.493 e. The summed E-state index contributed by atoms with van der Waals surface area (Å²) in [6.07, 6.45) is 8.63. The molecule has 0 aromatic heterocycles. The van der Waals surface area contributed by atoms with Crippen LogP contribution in [0.2, 0.25) is 0 Å². The summed E-state index contributed by atoms with van der Waals surface area (Å²) in [4.78, 5) is 2.37. The first kappa shape index (κ1) is 14.9. The first-order valence-electron chi connectivity index (χ1n) is 8.33. The van der Waals surface area contributed by atoms with Crippen molar-refractivity contribution in [1.29, 1.82) is 0 Å². The van der Waals surface area contributed by atoms with E-state index in [-0.39, 0.29) is 11.6 Å². The van der Waals surface area contributed by atoms with Gasteiger partial charge in [0.15, 0.2) is 0 Å². The predicted octanol–water partition coefficient (Wildman–Crippen LogP) is 3.28. The third kappa shape index (κ3) is 2.58. The van der Waals surface area contributed by atoms with Crippen molar-refractivity contribution in [1.82, 2.24) is 4.90 Å². The van der Waals surface area contributed by atoms with Crippen LogP contribution in [0.4, 0.5) is 0 Å². The summed E-state index contributed by atoms with van der Waals surface area (Å²) < 4.78 is 5.90. The van der Waals surface area contributed by atoms with Crippen LogP contribution in [0.1, 0.15) is 55.7 Å². The maximum atomic E-state index is 6.83. The number of likely N-dealkylation sites (N-methyl/N-ethyl adjacent to an activating group) is 1. The van der Waals surface area contributed by atoms with Crippen molar-refractivity contribution in [3.05, 3.63) is 29.3 Å². The predicted molar refractivity (Wildman–Crippen MR) is 86.7 cm³/mol. The Bertz CT molecular complexity index is 490. The monoisotopic (exact) mass is 288 g/mol. The first-order valence-corrected chi connectivity index (χ1v) is 8.33. The topological polar surface area (TPSA) is 38.5 Å². The number of nitrogens with zero attached hydrogens (tertiary/aromatic N) is 1. The molecular formula is C18H28N2O. The lowest BCUT2D eigenvalue weighted by Crippen LogP contribution is -2.52. The number of nitrogens with two attached hydrogens (primary N) is 1. The van der Waals surface area contributed by atoms with Gasteiger partial charge in [-0.15, -0.1) is 0 Å². The molecule has 21 heavy (non-hydrogen) atoms. The van der Waals surface area contributed by atoms with Crippen molar-refractivity contribution in [3.63, 3.8) is 0 Å². The number of hydrogen-bond acceptors (Lipinski definition) is 3. The van der Waals surface area contributed by atoms with Gasteiger partial charge in [-0.05, 0) is 32.5 Å². The van der Waals surface area contributed by atoms with Crippen molar-refractivity contribution in [2.75, 3.05) is 20.7 Å². The van der Waals surface area contributed by atoms with Crippen molar-refractivity contribution >= 4 is 0 Å². The van der Waals surface area contributed by atoms with Gasteiger partial charge >= 0.3 is 0 Å². The van der Waals surface area contributed by atoms with E-state index in [2.05, 4.69) is 37.2 Å². The molecule has 3 heteroatoms. The highest BCUT2D eigenvalue weighted by Crippen LogP contribution is 2.43. The van der Waals surface area contributed by atoms with E-state index < -0.39 is 0 Å². The fourth-order valence-electron chi connectivity index (χ4n) is 4.15. The Morgan fingerprint density at radius 3 is 2.52 bits per heavy atom. The van der Waals surface area contributed by atoms with Crippen molar-refractivity contribution in [2.45, 2.75) is 56.5 Å². The molecular weight excluding hydrogens is 260 g/mol. The fraction of sp³-hybridized carbons (Fsp3) is 0.667. The van der Waals surface area contributed by atoms with Gasteiger partial charge in [-0.3, -0.25) is 0 Å². The minimum atomic E-state index is 0.0265. The van der Waals surface area contributed by atoms with Gasteiger partial charge in [-0.2, -0.15) is 0 Å². The third-order valence-electron chi connectivity index (χ3n) is 5.52. The van der Waals surface area contributed by atoms with E-state index in [0.717, 1.165) is 18.8 Å². The van der Waals surface area contributed by atoms with Crippen LogP contribution in [0.5, 0.6) is 5.75 Å². The van der Waals surface area contributed by atoms with E-state index in [9.17, 15) is 0 Å². The number of fused-ring (bicyclic) bond motifs is 1. The number of hydrogen-bond donors (Lipinski definition) is 1. The van der Waals surface area contributed by atoms with Gasteiger partial charge in [0, 0.05) is 17.5 Å². The number of para-hydroxylation sites is 1. The molecule has 1 fully saturated rings. The zero-order chi connectivity index (χ0) is 14.9. The quantitative estimate of drug-likeness (QED) is 0.868. The standard InChI is InChI=1S/C18H28N2O/c1-20(2)18(11-5-3-4-6-12-18)17(19)15-9-7-8-14-10-13-21-16(14)15/h7-9,17H,3-6,10-13,19H2,1-2H3. The van der Waals surface area contributed by atoms with Crippen LogP contribution in [-0.2, 0) is 6.42 Å². The van der Waals surface area contributed by atoms with Crippen molar-refractivity contribution in [2.24, 2.45) is 5.73 Å². The first-order chi connectivity index (χ1) is 10.1. The molecule has 0 radical (unpaired) electrons. The number of benzene rings is 1. The van der Waals surface area contributed by atoms with Crippen LogP contribution in [0, 0.1) is 0 Å². The van der Waals surface area contributed by atoms with Gasteiger partial charge in [-0.25, -0.2) is 0 Å². The Hall–Kier alpha value is -1.06. The second kappa shape index (κ2) is 5.98. The molecule has 0 spiro atoms. The molecule has 116 valence electrons. The Morgan fingerprint density at radius 2 is 1.86 bits per heavy atom. The lowest BCUT2D eigenvalue weighted by atomic mass is 9.78. The smallest absolute Gasteiger partial charge is 0.127 e. The second-order valence-corrected chi connectivity index (χ2v) is 6.82. The fourth-order valence-corrected chi connectivity index (χ4v) is 4.15. The molecule has 0 bridgehead atoms. The summed E-state index contributed by atoms with van der Waals surface area (Å²) in [5.41, 5.74) is 9.43. The largest absolute Gasteiger partial charge is 0.493 e. The molecule has 1 aromatic carbocycles. The molecule has 1 aliphatic heterocycles. The highest BCUT2D eigenvalue weighted by molar-refractivity contribution is 5.46. The molecule has 1 aliphatic carbocycles. The second-order valence-electron chi connectivity index (χ2n) is 6.82. The van der Waals surface area contributed by atoms with E-state index >= 15 is 0 Å². The molecule has 0 amide bonds. The van der Waals surface area contributed by atoms with Crippen LogP contribution in [-0.4, -0.2) is 31.1 Å². The lowest BCUT2D eigenvalue weighted by Gasteiger charge is -2.44. The Kier molecular flexibility index (Phi) is 4.23.